The molecule has 0 saturated heterocycles. The van der Waals surface area contributed by atoms with Gasteiger partial charge in [-0.25, -0.2) is 0 Å². The molecule has 126 valence electrons. The molecule has 0 radical (unpaired) electrons. The molecule has 2 aromatic carbocycles. The predicted octanol–water partition coefficient (Wildman–Crippen LogP) is 4.35. The van der Waals surface area contributed by atoms with Gasteiger partial charge in [0, 0.05) is 17.2 Å². The van der Waals surface area contributed by atoms with Gasteiger partial charge >= 0.3 is 0 Å². The van der Waals surface area contributed by atoms with E-state index in [4.69, 9.17) is 4.74 Å². The lowest BCUT2D eigenvalue weighted by molar-refractivity contribution is 0.104. The topological polar surface area (TPSA) is 66.8 Å². The average molecular weight is 326 g/mol. The first-order chi connectivity index (χ1) is 11.5. The quantitative estimate of drug-likeness (QED) is 0.586. The highest BCUT2D eigenvalue weighted by Gasteiger charge is 2.09. The number of aryl methyl sites for hydroxylation is 1. The summed E-state index contributed by atoms with van der Waals surface area (Å²) in [5.74, 6) is 0.714. The van der Waals surface area contributed by atoms with Crippen molar-refractivity contribution in [2.75, 3.05) is 6.61 Å². The molecule has 0 aliphatic rings. The van der Waals surface area contributed by atoms with Gasteiger partial charge in [-0.2, -0.15) is 0 Å². The number of ether oxygens (including phenoxy) is 1. The second-order valence-corrected chi connectivity index (χ2v) is 5.45. The number of allylic oxidation sites excluding steroid dienone is 1. The van der Waals surface area contributed by atoms with Gasteiger partial charge in [-0.05, 0) is 61.4 Å². The van der Waals surface area contributed by atoms with Gasteiger partial charge in [0.2, 0.25) is 0 Å². The van der Waals surface area contributed by atoms with Gasteiger partial charge in [0.25, 0.3) is 0 Å². The summed E-state index contributed by atoms with van der Waals surface area (Å²) in [5.41, 5.74) is 2.08. The van der Waals surface area contributed by atoms with Crippen LogP contribution in [0.4, 0.5) is 0 Å². The summed E-state index contributed by atoms with van der Waals surface area (Å²) in [4.78, 5) is 12.2. The van der Waals surface area contributed by atoms with Crippen LogP contribution in [0.25, 0.3) is 6.08 Å². The van der Waals surface area contributed by atoms with Crippen molar-refractivity contribution in [3.63, 3.8) is 0 Å². The standard InChI is InChI=1S/C20H22O4/c1-3-5-15-12-16(20(24-4-2)13-19(15)23)8-11-18(22)14-6-9-17(21)10-7-14/h6-13,21,23H,3-5H2,1-2H3. The molecule has 4 nitrogen and oxygen atoms in total. The fourth-order valence-electron chi connectivity index (χ4n) is 2.40. The summed E-state index contributed by atoms with van der Waals surface area (Å²) in [6.07, 6.45) is 4.83. The van der Waals surface area contributed by atoms with Crippen LogP contribution in [0.5, 0.6) is 17.2 Å². The SMILES string of the molecule is CCCc1cc(C=CC(=O)c2ccc(O)cc2)c(OCC)cc1O. The average Bonchev–Trinajstić information content (AvgIpc) is 2.57. The normalized spacial score (nSPS) is 10.9. The molecule has 0 aliphatic carbocycles. The zero-order valence-corrected chi connectivity index (χ0v) is 14.0. The molecule has 0 unspecified atom stereocenters. The van der Waals surface area contributed by atoms with Crippen molar-refractivity contribution in [3.05, 3.63) is 59.2 Å². The van der Waals surface area contributed by atoms with E-state index in [1.165, 1.54) is 18.2 Å². The molecule has 0 fully saturated rings. The number of phenols is 2. The molecule has 0 aliphatic heterocycles. The number of benzene rings is 2. The molecule has 24 heavy (non-hydrogen) atoms. The van der Waals surface area contributed by atoms with E-state index in [2.05, 4.69) is 0 Å². The molecule has 0 heterocycles. The van der Waals surface area contributed by atoms with Crippen LogP contribution >= 0.6 is 0 Å². The van der Waals surface area contributed by atoms with Crippen LogP contribution in [-0.4, -0.2) is 22.6 Å². The van der Waals surface area contributed by atoms with Crippen LogP contribution < -0.4 is 4.74 Å². The van der Waals surface area contributed by atoms with E-state index in [0.717, 1.165) is 24.0 Å². The van der Waals surface area contributed by atoms with Gasteiger partial charge in [0.15, 0.2) is 5.78 Å². The molecular formula is C20H22O4. The van der Waals surface area contributed by atoms with Crippen molar-refractivity contribution in [2.45, 2.75) is 26.7 Å². The van der Waals surface area contributed by atoms with Crippen LogP contribution in [0.1, 0.15) is 41.8 Å². The zero-order chi connectivity index (χ0) is 17.5. The largest absolute Gasteiger partial charge is 0.508 e. The van der Waals surface area contributed by atoms with E-state index in [1.807, 2.05) is 19.9 Å². The molecule has 0 amide bonds. The molecular weight excluding hydrogens is 304 g/mol. The summed E-state index contributed by atoms with van der Waals surface area (Å²) < 4.78 is 5.55. The Bertz CT molecular complexity index is 730. The van der Waals surface area contributed by atoms with Gasteiger partial charge < -0.3 is 14.9 Å². The molecule has 2 N–H and O–H groups in total. The van der Waals surface area contributed by atoms with Gasteiger partial charge in [-0.3, -0.25) is 4.79 Å². The van der Waals surface area contributed by atoms with E-state index < -0.39 is 0 Å². The third-order valence-corrected chi connectivity index (χ3v) is 3.60. The van der Waals surface area contributed by atoms with E-state index in [0.29, 0.717) is 17.9 Å². The molecule has 4 heteroatoms. The second-order valence-electron chi connectivity index (χ2n) is 5.45. The van der Waals surface area contributed by atoms with Gasteiger partial charge in [0.1, 0.15) is 17.2 Å². The van der Waals surface area contributed by atoms with Crippen LogP contribution in [0.2, 0.25) is 0 Å². The first kappa shape index (κ1) is 17.6. The lowest BCUT2D eigenvalue weighted by atomic mass is 10.0. The lowest BCUT2D eigenvalue weighted by Crippen LogP contribution is -1.97. The molecule has 0 atom stereocenters. The fraction of sp³-hybridized carbons (Fsp3) is 0.250. The van der Waals surface area contributed by atoms with Crippen molar-refractivity contribution >= 4 is 11.9 Å². The maximum atomic E-state index is 12.2. The minimum Gasteiger partial charge on any atom is -0.508 e. The number of rotatable bonds is 7. The highest BCUT2D eigenvalue weighted by atomic mass is 16.5. The van der Waals surface area contributed by atoms with Crippen molar-refractivity contribution in [1.82, 2.24) is 0 Å². The van der Waals surface area contributed by atoms with Gasteiger partial charge in [-0.15, -0.1) is 0 Å². The summed E-state index contributed by atoms with van der Waals surface area (Å²) in [6, 6.07) is 9.55. The Balaban J connectivity index is 2.30. The Morgan fingerprint density at radius 3 is 2.46 bits per heavy atom. The smallest absolute Gasteiger partial charge is 0.185 e. The first-order valence-electron chi connectivity index (χ1n) is 8.05. The predicted molar refractivity (Wildman–Crippen MR) is 94.7 cm³/mol. The minimum absolute atomic E-state index is 0.122. The van der Waals surface area contributed by atoms with Gasteiger partial charge in [0.05, 0.1) is 6.61 Å². The number of carbonyl (C=O) groups is 1. The van der Waals surface area contributed by atoms with E-state index in [1.54, 1.807) is 24.3 Å². The zero-order valence-electron chi connectivity index (χ0n) is 14.0. The molecule has 0 aromatic heterocycles. The molecule has 2 rings (SSSR count). The summed E-state index contributed by atoms with van der Waals surface area (Å²) >= 11 is 0. The highest BCUT2D eigenvalue weighted by molar-refractivity contribution is 6.07. The number of hydrogen-bond acceptors (Lipinski definition) is 4. The maximum absolute atomic E-state index is 12.2. The molecule has 0 spiro atoms. The summed E-state index contributed by atoms with van der Waals surface area (Å²) in [7, 11) is 0. The van der Waals surface area contributed by atoms with E-state index in [-0.39, 0.29) is 17.3 Å². The van der Waals surface area contributed by atoms with Crippen LogP contribution in [0.15, 0.2) is 42.5 Å². The van der Waals surface area contributed by atoms with Crippen molar-refractivity contribution in [3.8, 4) is 17.2 Å². The number of aromatic hydroxyl groups is 2. The maximum Gasteiger partial charge on any atom is 0.185 e. The van der Waals surface area contributed by atoms with Gasteiger partial charge in [-0.1, -0.05) is 13.3 Å². The summed E-state index contributed by atoms with van der Waals surface area (Å²) in [5, 5.41) is 19.3. The van der Waals surface area contributed by atoms with E-state index >= 15 is 0 Å². The highest BCUT2D eigenvalue weighted by Crippen LogP contribution is 2.30. The Labute approximate surface area is 142 Å². The third-order valence-electron chi connectivity index (χ3n) is 3.60. The first-order valence-corrected chi connectivity index (χ1v) is 8.05. The van der Waals surface area contributed by atoms with Crippen molar-refractivity contribution < 1.29 is 19.7 Å². The third kappa shape index (κ3) is 4.38. The van der Waals surface area contributed by atoms with Crippen LogP contribution in [0.3, 0.4) is 0 Å². The Morgan fingerprint density at radius 2 is 1.83 bits per heavy atom. The minimum atomic E-state index is -0.164. The molecule has 0 saturated carbocycles. The number of ketones is 1. The van der Waals surface area contributed by atoms with Crippen molar-refractivity contribution in [2.24, 2.45) is 0 Å². The molecule has 2 aromatic rings. The fourth-order valence-corrected chi connectivity index (χ4v) is 2.40. The molecule has 0 bridgehead atoms. The number of hydrogen-bond donors (Lipinski definition) is 2. The second kappa shape index (κ2) is 8.20. The summed E-state index contributed by atoms with van der Waals surface area (Å²) in [6.45, 7) is 4.38. The number of carbonyl (C=O) groups excluding carboxylic acids is 1. The van der Waals surface area contributed by atoms with Crippen molar-refractivity contribution in [1.29, 1.82) is 0 Å². The van der Waals surface area contributed by atoms with E-state index in [9.17, 15) is 15.0 Å². The van der Waals surface area contributed by atoms with Crippen LogP contribution in [0, 0.1) is 0 Å². The Kier molecular flexibility index (Phi) is 6.01. The Morgan fingerprint density at radius 1 is 1.12 bits per heavy atom. The Hall–Kier alpha value is -2.75. The monoisotopic (exact) mass is 326 g/mol. The lowest BCUT2D eigenvalue weighted by Gasteiger charge is -2.11. The number of phenolic OH excluding ortho intramolecular Hbond substituents is 2. The van der Waals surface area contributed by atoms with Crippen LogP contribution in [-0.2, 0) is 6.42 Å².